The van der Waals surface area contributed by atoms with Gasteiger partial charge in [0, 0.05) is 13.0 Å². The zero-order valence-corrected chi connectivity index (χ0v) is 16.0. The number of phosphoric ester groups is 1. The maximum absolute atomic E-state index is 12.2. The number of rotatable bonds is 7. The van der Waals surface area contributed by atoms with Crippen LogP contribution in [0.4, 0.5) is 5.82 Å². The predicted octanol–water partition coefficient (Wildman–Crippen LogP) is 0.294. The van der Waals surface area contributed by atoms with Crippen LogP contribution < -0.4 is 5.73 Å². The van der Waals surface area contributed by atoms with Crippen molar-refractivity contribution < 1.29 is 28.3 Å². The molecule has 1 unspecified atom stereocenters. The van der Waals surface area contributed by atoms with Crippen LogP contribution in [0.5, 0.6) is 0 Å². The standard InChI is InChI=1S/C14H20N7O7P/c15-13-12-14(17-6-16-13)20(7-18-12)11-4-8(22)9(27-11)5-26-29(24,25)28-10-2-1-3-21(10)19-23/h6-11,22H,1-5H2,(H,24,25)(H2,15,16,17)/t8-,9+,10-,11+/m0/s1. The van der Waals surface area contributed by atoms with E-state index in [1.54, 1.807) is 4.57 Å². The number of imidazole rings is 1. The molecule has 4 N–H and O–H groups in total. The number of nitrogen functional groups attached to an aromatic ring is 1. The Morgan fingerprint density at radius 1 is 1.41 bits per heavy atom. The van der Waals surface area contributed by atoms with Crippen molar-refractivity contribution in [3.05, 3.63) is 17.6 Å². The van der Waals surface area contributed by atoms with Crippen molar-refractivity contribution in [3.8, 4) is 0 Å². The van der Waals surface area contributed by atoms with Gasteiger partial charge >= 0.3 is 7.82 Å². The molecule has 2 saturated heterocycles. The van der Waals surface area contributed by atoms with E-state index in [1.807, 2.05) is 0 Å². The summed E-state index contributed by atoms with van der Waals surface area (Å²) in [7, 11) is -4.48. The number of anilines is 1. The molecular formula is C14H20N7O7P. The number of ether oxygens (including phenoxy) is 1. The molecular weight excluding hydrogens is 409 g/mol. The molecule has 14 nitrogen and oxygen atoms in total. The molecule has 0 radical (unpaired) electrons. The lowest BCUT2D eigenvalue weighted by Crippen LogP contribution is -2.28. The zero-order chi connectivity index (χ0) is 20.6. The van der Waals surface area contributed by atoms with Crippen molar-refractivity contribution in [2.45, 2.75) is 43.9 Å². The largest absolute Gasteiger partial charge is 0.474 e. The molecule has 4 heterocycles. The SMILES string of the molecule is Nc1ncnc2c1ncn2[C@H]1C[C@H](O)[C@@H](COP(=O)(O)O[C@H]2CCCN2N=O)O1. The summed E-state index contributed by atoms with van der Waals surface area (Å²) < 4.78 is 29.5. The summed E-state index contributed by atoms with van der Waals surface area (Å²) in [5, 5.41) is 14.1. The Morgan fingerprint density at radius 2 is 2.24 bits per heavy atom. The number of aromatic nitrogens is 4. The number of nitroso groups, excluding NO2 is 1. The fourth-order valence-electron chi connectivity index (χ4n) is 3.39. The number of nitrogens with two attached hydrogens (primary N) is 1. The average molecular weight is 429 g/mol. The van der Waals surface area contributed by atoms with Crippen molar-refractivity contribution in [1.29, 1.82) is 0 Å². The second kappa shape index (κ2) is 7.89. The fourth-order valence-corrected chi connectivity index (χ4v) is 4.31. The van der Waals surface area contributed by atoms with Gasteiger partial charge < -0.3 is 20.5 Å². The van der Waals surface area contributed by atoms with E-state index in [-0.39, 0.29) is 12.2 Å². The molecule has 29 heavy (non-hydrogen) atoms. The lowest BCUT2D eigenvalue weighted by Gasteiger charge is -2.22. The van der Waals surface area contributed by atoms with Crippen LogP contribution in [-0.2, 0) is 18.3 Å². The number of hydrogen-bond donors (Lipinski definition) is 3. The molecule has 0 aliphatic carbocycles. The summed E-state index contributed by atoms with van der Waals surface area (Å²) in [6, 6.07) is 0. The van der Waals surface area contributed by atoms with Crippen LogP contribution in [0, 0.1) is 4.91 Å². The Morgan fingerprint density at radius 3 is 3.03 bits per heavy atom. The molecule has 0 aromatic carbocycles. The predicted molar refractivity (Wildman–Crippen MR) is 96.7 cm³/mol. The summed E-state index contributed by atoms with van der Waals surface area (Å²) in [4.78, 5) is 32.7. The lowest BCUT2D eigenvalue weighted by molar-refractivity contribution is -0.0499. The highest BCUT2D eigenvalue weighted by Crippen LogP contribution is 2.47. The zero-order valence-electron chi connectivity index (χ0n) is 15.1. The van der Waals surface area contributed by atoms with Crippen molar-refractivity contribution in [3.63, 3.8) is 0 Å². The number of aliphatic hydroxyl groups is 1. The molecule has 2 aromatic rings. The topological polar surface area (TPSA) is 188 Å². The van der Waals surface area contributed by atoms with Gasteiger partial charge in [0.15, 0.2) is 17.7 Å². The molecule has 0 spiro atoms. The van der Waals surface area contributed by atoms with Crippen LogP contribution in [0.3, 0.4) is 0 Å². The van der Waals surface area contributed by atoms with Gasteiger partial charge in [-0.3, -0.25) is 13.6 Å². The third kappa shape index (κ3) is 4.08. The minimum Gasteiger partial charge on any atom is -0.390 e. The number of hydrogen-bond acceptors (Lipinski definition) is 11. The second-order valence-corrected chi connectivity index (χ2v) is 8.13. The molecule has 5 atom stereocenters. The van der Waals surface area contributed by atoms with Gasteiger partial charge in [-0.1, -0.05) is 0 Å². The number of phosphoric acid groups is 1. The summed E-state index contributed by atoms with van der Waals surface area (Å²) in [6.07, 6.45) is 0.540. The Bertz CT molecular complexity index is 942. The van der Waals surface area contributed by atoms with Gasteiger partial charge in [0.25, 0.3) is 0 Å². The highest BCUT2D eigenvalue weighted by Gasteiger charge is 2.39. The molecule has 0 bridgehead atoms. The highest BCUT2D eigenvalue weighted by atomic mass is 31.2. The third-order valence-electron chi connectivity index (χ3n) is 4.83. The third-order valence-corrected chi connectivity index (χ3v) is 5.82. The second-order valence-electron chi connectivity index (χ2n) is 6.73. The summed E-state index contributed by atoms with van der Waals surface area (Å²) in [5.74, 6) is 0.219. The molecule has 2 aliphatic heterocycles. The molecule has 4 rings (SSSR count). The van der Waals surface area contributed by atoms with Gasteiger partial charge in [0.2, 0.25) is 0 Å². The fraction of sp³-hybridized carbons (Fsp3) is 0.643. The Balaban J connectivity index is 1.38. The van der Waals surface area contributed by atoms with Crippen LogP contribution >= 0.6 is 7.82 Å². The van der Waals surface area contributed by atoms with E-state index in [0.717, 1.165) is 5.01 Å². The van der Waals surface area contributed by atoms with E-state index in [0.29, 0.717) is 30.6 Å². The number of nitrogens with zero attached hydrogens (tertiary/aromatic N) is 6. The summed E-state index contributed by atoms with van der Waals surface area (Å²) in [5.41, 5.74) is 6.61. The van der Waals surface area contributed by atoms with Crippen LogP contribution in [0.15, 0.2) is 17.9 Å². The first-order chi connectivity index (χ1) is 13.9. The number of aliphatic hydroxyl groups excluding tert-OH is 1. The van der Waals surface area contributed by atoms with Gasteiger partial charge in [-0.2, -0.15) is 0 Å². The smallest absolute Gasteiger partial charge is 0.390 e. The molecule has 158 valence electrons. The minimum absolute atomic E-state index is 0.186. The first kappa shape index (κ1) is 20.1. The van der Waals surface area contributed by atoms with Crippen molar-refractivity contribution in [1.82, 2.24) is 24.5 Å². The summed E-state index contributed by atoms with van der Waals surface area (Å²) in [6.45, 7) is -0.0519. The van der Waals surface area contributed by atoms with Crippen molar-refractivity contribution in [2.75, 3.05) is 18.9 Å². The van der Waals surface area contributed by atoms with E-state index in [1.165, 1.54) is 12.7 Å². The summed E-state index contributed by atoms with van der Waals surface area (Å²) >= 11 is 0. The van der Waals surface area contributed by atoms with Gasteiger partial charge in [-0.15, -0.1) is 4.91 Å². The van der Waals surface area contributed by atoms with E-state index in [2.05, 4.69) is 20.2 Å². The number of fused-ring (bicyclic) bond motifs is 1. The van der Waals surface area contributed by atoms with Crippen LogP contribution in [0.2, 0.25) is 0 Å². The van der Waals surface area contributed by atoms with E-state index in [4.69, 9.17) is 19.5 Å². The normalized spacial score (nSPS) is 29.4. The van der Waals surface area contributed by atoms with Crippen molar-refractivity contribution >= 4 is 24.8 Å². The van der Waals surface area contributed by atoms with E-state index < -0.39 is 39.1 Å². The van der Waals surface area contributed by atoms with Gasteiger partial charge in [-0.25, -0.2) is 24.5 Å². The van der Waals surface area contributed by atoms with E-state index in [9.17, 15) is 19.5 Å². The maximum atomic E-state index is 12.2. The van der Waals surface area contributed by atoms with Crippen LogP contribution in [0.25, 0.3) is 11.2 Å². The quantitative estimate of drug-likeness (QED) is 0.404. The Kier molecular flexibility index (Phi) is 5.46. The van der Waals surface area contributed by atoms with E-state index >= 15 is 0 Å². The first-order valence-corrected chi connectivity index (χ1v) is 10.4. The lowest BCUT2D eigenvalue weighted by atomic mass is 10.2. The monoisotopic (exact) mass is 429 g/mol. The maximum Gasteiger partial charge on any atom is 0.474 e. The van der Waals surface area contributed by atoms with Gasteiger partial charge in [0.05, 0.1) is 24.3 Å². The molecule has 15 heteroatoms. The molecule has 0 saturated carbocycles. The average Bonchev–Trinajstić information content (AvgIpc) is 3.38. The Hall–Kier alpha value is -2.22. The van der Waals surface area contributed by atoms with Crippen LogP contribution in [-0.4, -0.2) is 66.1 Å². The highest BCUT2D eigenvalue weighted by molar-refractivity contribution is 7.47. The Labute approximate surface area is 164 Å². The molecule has 0 amide bonds. The van der Waals surface area contributed by atoms with Gasteiger partial charge in [-0.05, 0) is 12.8 Å². The first-order valence-electron chi connectivity index (χ1n) is 8.90. The van der Waals surface area contributed by atoms with Gasteiger partial charge in [0.1, 0.15) is 24.2 Å². The molecule has 2 aromatic heterocycles. The minimum atomic E-state index is -4.48. The van der Waals surface area contributed by atoms with Crippen molar-refractivity contribution in [2.24, 2.45) is 5.29 Å². The molecule has 2 fully saturated rings. The van der Waals surface area contributed by atoms with Crippen LogP contribution in [0.1, 0.15) is 25.5 Å². The molecule has 2 aliphatic rings.